The van der Waals surface area contributed by atoms with Gasteiger partial charge in [-0.25, -0.2) is 9.18 Å². The number of carbonyl (C=O) groups is 2. The number of halogens is 1. The van der Waals surface area contributed by atoms with Gasteiger partial charge in [-0.05, 0) is 88.2 Å². The number of methoxy groups -OCH3 is 1. The lowest BCUT2D eigenvalue weighted by molar-refractivity contribution is -0.142. The van der Waals surface area contributed by atoms with E-state index in [9.17, 15) is 14.0 Å². The molecule has 0 unspecified atom stereocenters. The zero-order chi connectivity index (χ0) is 32.7. The Morgan fingerprint density at radius 2 is 1.46 bits per heavy atom. The molecule has 1 heterocycles. The minimum atomic E-state index is -0.925. The Kier molecular flexibility index (Phi) is 9.96. The van der Waals surface area contributed by atoms with E-state index in [0.29, 0.717) is 30.3 Å². The number of fused-ring (bicyclic) bond motifs is 1. The molecule has 0 fully saturated rings. The summed E-state index contributed by atoms with van der Waals surface area (Å²) in [5.74, 6) is 0.668. The van der Waals surface area contributed by atoms with Crippen molar-refractivity contribution in [1.82, 2.24) is 10.3 Å². The lowest BCUT2D eigenvalue weighted by Crippen LogP contribution is -2.43. The quantitative estimate of drug-likeness (QED) is 0.153. The van der Waals surface area contributed by atoms with Crippen molar-refractivity contribution in [3.8, 4) is 17.2 Å². The van der Waals surface area contributed by atoms with Crippen molar-refractivity contribution in [1.29, 1.82) is 0 Å². The average molecular weight is 621 g/mol. The number of nitrogens with one attached hydrogen (secondary N) is 1. The minimum absolute atomic E-state index is 0.0474. The van der Waals surface area contributed by atoms with Crippen molar-refractivity contribution in [2.75, 3.05) is 13.7 Å². The molecule has 5 rings (SSSR count). The summed E-state index contributed by atoms with van der Waals surface area (Å²) >= 11 is 0. The first-order valence-electron chi connectivity index (χ1n) is 15.1. The highest BCUT2D eigenvalue weighted by Crippen LogP contribution is 2.29. The van der Waals surface area contributed by atoms with Crippen LogP contribution in [0, 0.1) is 5.82 Å². The van der Waals surface area contributed by atoms with Crippen molar-refractivity contribution in [3.05, 3.63) is 131 Å². The van der Waals surface area contributed by atoms with Gasteiger partial charge in [0.15, 0.2) is 0 Å². The summed E-state index contributed by atoms with van der Waals surface area (Å²) in [5.41, 5.74) is 3.22. The van der Waals surface area contributed by atoms with Gasteiger partial charge in [-0.3, -0.25) is 9.78 Å². The van der Waals surface area contributed by atoms with Crippen LogP contribution in [0.4, 0.5) is 4.39 Å². The van der Waals surface area contributed by atoms with Crippen molar-refractivity contribution >= 4 is 22.6 Å². The van der Waals surface area contributed by atoms with Crippen LogP contribution >= 0.6 is 0 Å². The van der Waals surface area contributed by atoms with Crippen LogP contribution in [0.1, 0.15) is 48.0 Å². The molecule has 1 atom stereocenters. The number of aromatic nitrogens is 1. The highest BCUT2D eigenvalue weighted by molar-refractivity contribution is 5.98. The van der Waals surface area contributed by atoms with Gasteiger partial charge in [0.05, 0.1) is 13.7 Å². The third-order valence-electron chi connectivity index (χ3n) is 7.61. The van der Waals surface area contributed by atoms with Gasteiger partial charge in [0, 0.05) is 24.4 Å². The van der Waals surface area contributed by atoms with Crippen molar-refractivity contribution in [2.45, 2.75) is 45.1 Å². The smallest absolute Gasteiger partial charge is 0.328 e. The van der Waals surface area contributed by atoms with E-state index in [1.807, 2.05) is 42.5 Å². The molecule has 5 aromatic rings. The van der Waals surface area contributed by atoms with Crippen LogP contribution in [0.5, 0.6) is 17.2 Å². The van der Waals surface area contributed by atoms with E-state index >= 15 is 0 Å². The Morgan fingerprint density at radius 3 is 2.13 bits per heavy atom. The first-order chi connectivity index (χ1) is 22.1. The third kappa shape index (κ3) is 8.47. The van der Waals surface area contributed by atoms with Gasteiger partial charge in [0.1, 0.15) is 34.8 Å². The number of benzene rings is 4. The van der Waals surface area contributed by atoms with Crippen molar-refractivity contribution < 1.29 is 28.2 Å². The highest BCUT2D eigenvalue weighted by atomic mass is 19.1. The molecule has 4 aromatic carbocycles. The Labute approximate surface area is 268 Å². The van der Waals surface area contributed by atoms with Crippen molar-refractivity contribution in [2.24, 2.45) is 0 Å². The summed E-state index contributed by atoms with van der Waals surface area (Å²) in [4.78, 5) is 30.2. The van der Waals surface area contributed by atoms with Crippen molar-refractivity contribution in [3.63, 3.8) is 0 Å². The van der Waals surface area contributed by atoms with E-state index in [2.05, 4.69) is 43.2 Å². The largest absolute Gasteiger partial charge is 0.493 e. The summed E-state index contributed by atoms with van der Waals surface area (Å²) in [6.07, 6.45) is 2.48. The molecule has 1 amide bonds. The molecule has 1 aromatic heterocycles. The fourth-order valence-corrected chi connectivity index (χ4v) is 4.93. The van der Waals surface area contributed by atoms with E-state index in [-0.39, 0.29) is 23.3 Å². The van der Waals surface area contributed by atoms with Crippen LogP contribution < -0.4 is 14.8 Å². The van der Waals surface area contributed by atoms with Crippen LogP contribution in [0.2, 0.25) is 0 Å². The molecule has 1 N–H and O–H groups in total. The van der Waals surface area contributed by atoms with Crippen LogP contribution in [-0.4, -0.2) is 36.6 Å². The highest BCUT2D eigenvalue weighted by Gasteiger charge is 2.23. The van der Waals surface area contributed by atoms with Gasteiger partial charge in [-0.15, -0.1) is 0 Å². The number of pyridine rings is 1. The molecule has 8 heteroatoms. The van der Waals surface area contributed by atoms with Gasteiger partial charge in [-0.2, -0.15) is 0 Å². The van der Waals surface area contributed by atoms with Crippen LogP contribution in [-0.2, 0) is 27.8 Å². The van der Waals surface area contributed by atoms with E-state index < -0.39 is 17.9 Å². The fourth-order valence-electron chi connectivity index (χ4n) is 4.93. The number of hydrogen-bond donors (Lipinski definition) is 1. The maximum Gasteiger partial charge on any atom is 0.328 e. The van der Waals surface area contributed by atoms with Gasteiger partial charge in [-0.1, -0.05) is 57.2 Å². The molecular weight excluding hydrogens is 583 g/mol. The predicted octanol–water partition coefficient (Wildman–Crippen LogP) is 7.60. The molecule has 7 nitrogen and oxygen atoms in total. The molecule has 0 aliphatic heterocycles. The molecule has 236 valence electrons. The number of ether oxygens (including phenoxy) is 3. The molecule has 0 radical (unpaired) electrons. The lowest BCUT2D eigenvalue weighted by atomic mass is 9.87. The van der Waals surface area contributed by atoms with Gasteiger partial charge in [0.25, 0.3) is 5.91 Å². The topological polar surface area (TPSA) is 86.8 Å². The fraction of sp³-hybridized carbons (Fsp3) is 0.237. The second kappa shape index (κ2) is 14.2. The number of hydrogen-bond acceptors (Lipinski definition) is 6. The molecular formula is C38H37FN2O5. The maximum absolute atomic E-state index is 13.3. The molecule has 0 saturated carbocycles. The van der Waals surface area contributed by atoms with Gasteiger partial charge < -0.3 is 19.5 Å². The van der Waals surface area contributed by atoms with E-state index in [1.54, 1.807) is 36.5 Å². The number of rotatable bonds is 11. The van der Waals surface area contributed by atoms with Gasteiger partial charge in [0.2, 0.25) is 0 Å². The molecule has 0 spiro atoms. The Hall–Kier alpha value is -5.24. The SMILES string of the molecule is COC(=O)[C@H](Cc1ccc(OCCc2ccc(F)cc2)cc1)NC(=O)c1cc2cc(Oc3ccc(C(C)(C)C)cc3)ccc2cn1. The van der Waals surface area contributed by atoms with Gasteiger partial charge >= 0.3 is 5.97 Å². The second-order valence-corrected chi connectivity index (χ2v) is 12.1. The summed E-state index contributed by atoms with van der Waals surface area (Å²) in [7, 11) is 1.28. The van der Waals surface area contributed by atoms with Crippen LogP contribution in [0.15, 0.2) is 103 Å². The number of amides is 1. The number of carbonyl (C=O) groups excluding carboxylic acids is 2. The first kappa shape index (κ1) is 32.2. The normalized spacial score (nSPS) is 11.9. The summed E-state index contributed by atoms with van der Waals surface area (Å²) in [6.45, 7) is 6.92. The second-order valence-electron chi connectivity index (χ2n) is 12.1. The number of esters is 1. The first-order valence-corrected chi connectivity index (χ1v) is 15.1. The molecule has 0 bridgehead atoms. The predicted molar refractivity (Wildman–Crippen MR) is 176 cm³/mol. The Morgan fingerprint density at radius 1 is 0.804 bits per heavy atom. The van der Waals surface area contributed by atoms with E-state index in [0.717, 1.165) is 21.9 Å². The number of nitrogens with zero attached hydrogens (tertiary/aromatic N) is 1. The van der Waals surface area contributed by atoms with Crippen LogP contribution in [0.25, 0.3) is 10.8 Å². The van der Waals surface area contributed by atoms with E-state index in [1.165, 1.54) is 24.8 Å². The van der Waals surface area contributed by atoms with E-state index in [4.69, 9.17) is 14.2 Å². The Balaban J connectivity index is 1.22. The molecule has 0 aliphatic rings. The minimum Gasteiger partial charge on any atom is -0.493 e. The lowest BCUT2D eigenvalue weighted by Gasteiger charge is -2.19. The van der Waals surface area contributed by atoms with Crippen LogP contribution in [0.3, 0.4) is 0 Å². The molecule has 0 aliphatic carbocycles. The third-order valence-corrected chi connectivity index (χ3v) is 7.61. The summed E-state index contributed by atoms with van der Waals surface area (Å²) in [6, 6.07) is 27.9. The summed E-state index contributed by atoms with van der Waals surface area (Å²) in [5, 5.41) is 4.39. The monoisotopic (exact) mass is 620 g/mol. The summed E-state index contributed by atoms with van der Waals surface area (Å²) < 4.78 is 30.0. The molecule has 0 saturated heterocycles. The zero-order valence-electron chi connectivity index (χ0n) is 26.4. The maximum atomic E-state index is 13.3. The Bertz CT molecular complexity index is 1800. The zero-order valence-corrected chi connectivity index (χ0v) is 26.4. The molecule has 46 heavy (non-hydrogen) atoms. The standard InChI is InChI=1S/C38H37FN2O5/c1-38(2,3)29-10-17-32(18-11-29)46-33-16-9-27-24-40-34(23-28(27)22-33)36(42)41-35(37(43)44-4)21-26-7-14-31(15-8-26)45-20-19-25-5-12-30(39)13-6-25/h5-18,22-24,35H,19-21H2,1-4H3,(H,41,42)/t35-/m0/s1. The average Bonchev–Trinajstić information content (AvgIpc) is 3.05.